The highest BCUT2D eigenvalue weighted by atomic mass is 16.5. The standard InChI is InChI=1S/C17H20O5/c1-21-16-8-5-12(9-15(16)20)14(10-18)17(22-2)11-3-6-13(19)7-4-11/h3-9,14,17-20H,10H2,1-2H3. The maximum absolute atomic E-state index is 9.92. The zero-order valence-corrected chi connectivity index (χ0v) is 12.6. The summed E-state index contributed by atoms with van der Waals surface area (Å²) in [6, 6.07) is 11.6. The van der Waals surface area contributed by atoms with Crippen molar-refractivity contribution in [2.24, 2.45) is 0 Å². The molecule has 5 heteroatoms. The summed E-state index contributed by atoms with van der Waals surface area (Å²) >= 11 is 0. The van der Waals surface area contributed by atoms with Gasteiger partial charge in [0.1, 0.15) is 5.75 Å². The van der Waals surface area contributed by atoms with Crippen LogP contribution in [0.3, 0.4) is 0 Å². The monoisotopic (exact) mass is 304 g/mol. The number of rotatable bonds is 6. The van der Waals surface area contributed by atoms with Crippen molar-refractivity contribution in [2.75, 3.05) is 20.8 Å². The Morgan fingerprint density at radius 2 is 1.59 bits per heavy atom. The van der Waals surface area contributed by atoms with Gasteiger partial charge in [-0.15, -0.1) is 0 Å². The van der Waals surface area contributed by atoms with E-state index in [4.69, 9.17) is 9.47 Å². The number of benzene rings is 2. The largest absolute Gasteiger partial charge is 0.508 e. The molecular weight excluding hydrogens is 284 g/mol. The average Bonchev–Trinajstić information content (AvgIpc) is 2.53. The van der Waals surface area contributed by atoms with Crippen LogP contribution in [0.5, 0.6) is 17.2 Å². The van der Waals surface area contributed by atoms with Gasteiger partial charge in [-0.25, -0.2) is 0 Å². The Hall–Kier alpha value is -2.24. The third-order valence-electron chi connectivity index (χ3n) is 3.67. The van der Waals surface area contributed by atoms with E-state index in [9.17, 15) is 15.3 Å². The van der Waals surface area contributed by atoms with Crippen molar-refractivity contribution in [2.45, 2.75) is 12.0 Å². The van der Waals surface area contributed by atoms with E-state index < -0.39 is 6.10 Å². The highest BCUT2D eigenvalue weighted by Crippen LogP contribution is 2.37. The Balaban J connectivity index is 2.36. The molecule has 0 aliphatic heterocycles. The van der Waals surface area contributed by atoms with Gasteiger partial charge in [-0.1, -0.05) is 18.2 Å². The lowest BCUT2D eigenvalue weighted by Crippen LogP contribution is -2.17. The molecule has 0 fully saturated rings. The van der Waals surface area contributed by atoms with Crippen molar-refractivity contribution >= 4 is 0 Å². The summed E-state index contributed by atoms with van der Waals surface area (Å²) in [5.41, 5.74) is 1.57. The molecule has 0 aliphatic carbocycles. The summed E-state index contributed by atoms with van der Waals surface area (Å²) in [5, 5.41) is 29.1. The van der Waals surface area contributed by atoms with Crippen LogP contribution in [0, 0.1) is 0 Å². The minimum atomic E-state index is -0.404. The van der Waals surface area contributed by atoms with Crippen LogP contribution < -0.4 is 4.74 Å². The molecule has 118 valence electrons. The molecule has 0 saturated carbocycles. The lowest BCUT2D eigenvalue weighted by atomic mass is 9.89. The van der Waals surface area contributed by atoms with Crippen LogP contribution >= 0.6 is 0 Å². The SMILES string of the molecule is COc1ccc(C(CO)C(OC)c2ccc(O)cc2)cc1O. The fourth-order valence-electron chi connectivity index (χ4n) is 2.51. The quantitative estimate of drug-likeness (QED) is 0.764. The molecule has 0 aliphatic rings. The number of aliphatic hydroxyl groups excluding tert-OH is 1. The molecule has 2 atom stereocenters. The maximum Gasteiger partial charge on any atom is 0.160 e. The van der Waals surface area contributed by atoms with E-state index in [1.54, 1.807) is 49.6 Å². The van der Waals surface area contributed by atoms with Gasteiger partial charge in [0.15, 0.2) is 11.5 Å². The van der Waals surface area contributed by atoms with Crippen LogP contribution in [0.1, 0.15) is 23.1 Å². The van der Waals surface area contributed by atoms with Gasteiger partial charge in [-0.3, -0.25) is 0 Å². The Kier molecular flexibility index (Phi) is 5.25. The van der Waals surface area contributed by atoms with E-state index in [0.717, 1.165) is 11.1 Å². The fraction of sp³-hybridized carbons (Fsp3) is 0.294. The number of hydrogen-bond acceptors (Lipinski definition) is 5. The molecule has 2 unspecified atom stereocenters. The topological polar surface area (TPSA) is 79.2 Å². The van der Waals surface area contributed by atoms with E-state index in [-0.39, 0.29) is 24.0 Å². The first-order valence-electron chi connectivity index (χ1n) is 6.90. The number of phenols is 2. The van der Waals surface area contributed by atoms with E-state index in [2.05, 4.69) is 0 Å². The van der Waals surface area contributed by atoms with Crippen molar-refractivity contribution in [3.8, 4) is 17.2 Å². The normalized spacial score (nSPS) is 13.6. The number of ether oxygens (including phenoxy) is 2. The summed E-state index contributed by atoms with van der Waals surface area (Å²) in [7, 11) is 3.04. The Bertz CT molecular complexity index is 609. The summed E-state index contributed by atoms with van der Waals surface area (Å²) in [6.45, 7) is -0.148. The smallest absolute Gasteiger partial charge is 0.160 e. The van der Waals surface area contributed by atoms with Gasteiger partial charge < -0.3 is 24.8 Å². The number of hydrogen-bond donors (Lipinski definition) is 3. The lowest BCUT2D eigenvalue weighted by Gasteiger charge is -2.25. The second kappa shape index (κ2) is 7.15. The molecule has 2 aromatic carbocycles. The van der Waals surface area contributed by atoms with Crippen LogP contribution in [-0.2, 0) is 4.74 Å². The van der Waals surface area contributed by atoms with Crippen molar-refractivity contribution in [3.05, 3.63) is 53.6 Å². The first-order valence-corrected chi connectivity index (χ1v) is 6.90. The minimum absolute atomic E-state index is 0.0130. The van der Waals surface area contributed by atoms with E-state index in [1.165, 1.54) is 7.11 Å². The number of methoxy groups -OCH3 is 2. The van der Waals surface area contributed by atoms with Crippen molar-refractivity contribution < 1.29 is 24.8 Å². The molecule has 0 radical (unpaired) electrons. The highest BCUT2D eigenvalue weighted by molar-refractivity contribution is 5.43. The second-order valence-corrected chi connectivity index (χ2v) is 4.97. The number of aromatic hydroxyl groups is 2. The summed E-state index contributed by atoms with van der Waals surface area (Å²) in [4.78, 5) is 0. The maximum atomic E-state index is 9.92. The Labute approximate surface area is 129 Å². The van der Waals surface area contributed by atoms with Crippen molar-refractivity contribution in [1.82, 2.24) is 0 Å². The third-order valence-corrected chi connectivity index (χ3v) is 3.67. The van der Waals surface area contributed by atoms with Gasteiger partial charge in [0.25, 0.3) is 0 Å². The lowest BCUT2D eigenvalue weighted by molar-refractivity contribution is 0.0565. The second-order valence-electron chi connectivity index (χ2n) is 4.97. The van der Waals surface area contributed by atoms with Gasteiger partial charge in [-0.05, 0) is 35.4 Å². The Morgan fingerprint density at radius 1 is 0.955 bits per heavy atom. The summed E-state index contributed by atoms with van der Waals surface area (Å²) < 4.78 is 10.6. The van der Waals surface area contributed by atoms with Gasteiger partial charge >= 0.3 is 0 Å². The highest BCUT2D eigenvalue weighted by Gasteiger charge is 2.25. The number of phenolic OH excluding ortho intramolecular Hbond substituents is 2. The molecule has 22 heavy (non-hydrogen) atoms. The first-order chi connectivity index (χ1) is 10.6. The Morgan fingerprint density at radius 3 is 2.09 bits per heavy atom. The minimum Gasteiger partial charge on any atom is -0.508 e. The zero-order valence-electron chi connectivity index (χ0n) is 12.6. The summed E-state index contributed by atoms with van der Waals surface area (Å²) in [6.07, 6.45) is -0.404. The van der Waals surface area contributed by atoms with E-state index in [0.29, 0.717) is 5.75 Å². The summed E-state index contributed by atoms with van der Waals surface area (Å²) in [5.74, 6) is 0.200. The average molecular weight is 304 g/mol. The van der Waals surface area contributed by atoms with Gasteiger partial charge in [0.05, 0.1) is 19.8 Å². The first kappa shape index (κ1) is 16.1. The van der Waals surface area contributed by atoms with E-state index >= 15 is 0 Å². The van der Waals surface area contributed by atoms with Gasteiger partial charge in [0, 0.05) is 13.0 Å². The zero-order chi connectivity index (χ0) is 16.1. The number of aliphatic hydroxyl groups is 1. The van der Waals surface area contributed by atoms with Crippen LogP contribution in [-0.4, -0.2) is 36.1 Å². The van der Waals surface area contributed by atoms with Crippen LogP contribution in [0.15, 0.2) is 42.5 Å². The molecular formula is C17H20O5. The third kappa shape index (κ3) is 3.32. The fourth-order valence-corrected chi connectivity index (χ4v) is 2.51. The molecule has 2 rings (SSSR count). The van der Waals surface area contributed by atoms with E-state index in [1.807, 2.05) is 0 Å². The molecule has 3 N–H and O–H groups in total. The van der Waals surface area contributed by atoms with Crippen molar-refractivity contribution in [3.63, 3.8) is 0 Å². The van der Waals surface area contributed by atoms with Crippen LogP contribution in [0.4, 0.5) is 0 Å². The van der Waals surface area contributed by atoms with Crippen molar-refractivity contribution in [1.29, 1.82) is 0 Å². The molecule has 5 nitrogen and oxygen atoms in total. The molecule has 0 spiro atoms. The molecule has 0 bridgehead atoms. The predicted molar refractivity (Wildman–Crippen MR) is 82.3 cm³/mol. The van der Waals surface area contributed by atoms with Gasteiger partial charge in [-0.2, -0.15) is 0 Å². The van der Waals surface area contributed by atoms with Gasteiger partial charge in [0.2, 0.25) is 0 Å². The molecule has 2 aromatic rings. The van der Waals surface area contributed by atoms with Crippen LogP contribution in [0.2, 0.25) is 0 Å². The predicted octanol–water partition coefficient (Wildman–Crippen LogP) is 2.57. The molecule has 0 saturated heterocycles. The van der Waals surface area contributed by atoms with Crippen LogP contribution in [0.25, 0.3) is 0 Å². The molecule has 0 heterocycles. The molecule has 0 aromatic heterocycles. The molecule has 0 amide bonds.